The molecule has 23 heavy (non-hydrogen) atoms. The fourth-order valence-electron chi connectivity index (χ4n) is 2.81. The predicted octanol–water partition coefficient (Wildman–Crippen LogP) is 1.67. The van der Waals surface area contributed by atoms with Crippen LogP contribution in [0.1, 0.15) is 24.0 Å². The normalized spacial score (nSPS) is 16.5. The maximum absolute atomic E-state index is 12.4. The van der Waals surface area contributed by atoms with Gasteiger partial charge in [-0.1, -0.05) is 30.3 Å². The van der Waals surface area contributed by atoms with Crippen LogP contribution in [0.2, 0.25) is 0 Å². The minimum atomic E-state index is -0.573. The lowest BCUT2D eigenvalue weighted by atomic mass is 9.82. The second kappa shape index (κ2) is 6.00. The zero-order valence-electron chi connectivity index (χ0n) is 12.6. The summed E-state index contributed by atoms with van der Waals surface area (Å²) in [6, 6.07) is 11.0. The summed E-state index contributed by atoms with van der Waals surface area (Å²) < 4.78 is 5.13. The van der Waals surface area contributed by atoms with Crippen LogP contribution in [0.5, 0.6) is 0 Å². The van der Waals surface area contributed by atoms with Crippen LogP contribution < -0.4 is 16.6 Å². The van der Waals surface area contributed by atoms with E-state index in [1.165, 1.54) is 0 Å². The first-order chi connectivity index (χ1) is 11.1. The lowest BCUT2D eigenvalue weighted by Crippen LogP contribution is -2.32. The Balaban J connectivity index is 2.24. The number of benzene rings is 1. The van der Waals surface area contributed by atoms with Crippen LogP contribution in [0, 0.1) is 0 Å². The smallest absolute Gasteiger partial charge is 0.338 e. The third-order valence-electron chi connectivity index (χ3n) is 3.76. The van der Waals surface area contributed by atoms with Crippen molar-refractivity contribution in [2.45, 2.75) is 12.8 Å². The number of hydrogen-bond acceptors (Lipinski definition) is 5. The Morgan fingerprint density at radius 1 is 1.26 bits per heavy atom. The molecule has 0 radical (unpaired) electrons. The summed E-state index contributed by atoms with van der Waals surface area (Å²) in [4.78, 5) is 27.4. The van der Waals surface area contributed by atoms with Crippen molar-refractivity contribution < 1.29 is 9.53 Å². The quantitative estimate of drug-likeness (QED) is 0.749. The van der Waals surface area contributed by atoms with Gasteiger partial charge >= 0.3 is 5.97 Å². The molecule has 4 N–H and O–H groups in total. The zero-order valence-corrected chi connectivity index (χ0v) is 12.6. The van der Waals surface area contributed by atoms with Gasteiger partial charge in [0, 0.05) is 6.20 Å². The van der Waals surface area contributed by atoms with Gasteiger partial charge in [0.15, 0.2) is 0 Å². The number of anilines is 1. The molecule has 0 saturated heterocycles. The summed E-state index contributed by atoms with van der Waals surface area (Å²) in [7, 11) is 0. The largest absolute Gasteiger partial charge is 0.463 e. The summed E-state index contributed by atoms with van der Waals surface area (Å²) in [5.41, 5.74) is 7.89. The van der Waals surface area contributed by atoms with Crippen molar-refractivity contribution >= 4 is 11.7 Å². The van der Waals surface area contributed by atoms with E-state index < -0.39 is 11.9 Å². The van der Waals surface area contributed by atoms with Crippen molar-refractivity contribution in [1.29, 1.82) is 0 Å². The minimum Gasteiger partial charge on any atom is -0.463 e. The van der Waals surface area contributed by atoms with E-state index in [4.69, 9.17) is 10.5 Å². The molecule has 0 amide bonds. The fraction of sp³-hybridized carbons (Fsp3) is 0.176. The third kappa shape index (κ3) is 2.59. The number of aromatic nitrogens is 1. The highest BCUT2D eigenvalue weighted by atomic mass is 16.5. The highest BCUT2D eigenvalue weighted by Gasteiger charge is 2.35. The van der Waals surface area contributed by atoms with E-state index in [1.54, 1.807) is 19.2 Å². The number of rotatable bonds is 3. The number of carbonyl (C=O) groups excluding carboxylic acids is 1. The average molecular weight is 311 g/mol. The number of nitrogens with one attached hydrogen (secondary N) is 2. The molecular weight excluding hydrogens is 294 g/mol. The van der Waals surface area contributed by atoms with Crippen molar-refractivity contribution in [3.8, 4) is 0 Å². The highest BCUT2D eigenvalue weighted by molar-refractivity contribution is 5.94. The van der Waals surface area contributed by atoms with Crippen molar-refractivity contribution in [2.75, 3.05) is 11.9 Å². The Hall–Kier alpha value is -3.02. The van der Waals surface area contributed by atoms with Gasteiger partial charge in [-0.3, -0.25) is 4.79 Å². The molecule has 0 spiro atoms. The highest BCUT2D eigenvalue weighted by Crippen LogP contribution is 2.38. The number of fused-ring (bicyclic) bond motifs is 1. The van der Waals surface area contributed by atoms with Gasteiger partial charge in [-0.15, -0.1) is 0 Å². The molecular formula is C17H17N3O3. The lowest BCUT2D eigenvalue weighted by Gasteiger charge is -2.28. The average Bonchev–Trinajstić information content (AvgIpc) is 2.54. The van der Waals surface area contributed by atoms with Crippen LogP contribution in [0.15, 0.2) is 58.8 Å². The molecule has 6 nitrogen and oxygen atoms in total. The van der Waals surface area contributed by atoms with Crippen LogP contribution in [-0.2, 0) is 9.53 Å². The summed E-state index contributed by atoms with van der Waals surface area (Å²) in [6.07, 6.45) is 1.54. The van der Waals surface area contributed by atoms with Crippen molar-refractivity contribution in [1.82, 2.24) is 4.98 Å². The molecule has 0 bridgehead atoms. The molecule has 1 aromatic heterocycles. The Bertz CT molecular complexity index is 824. The molecule has 118 valence electrons. The first-order valence-electron chi connectivity index (χ1n) is 7.33. The zero-order chi connectivity index (χ0) is 16.4. The van der Waals surface area contributed by atoms with E-state index in [-0.39, 0.29) is 23.6 Å². The van der Waals surface area contributed by atoms with Gasteiger partial charge in [0.25, 0.3) is 5.56 Å². The maximum Gasteiger partial charge on any atom is 0.338 e. The van der Waals surface area contributed by atoms with Gasteiger partial charge in [-0.05, 0) is 18.6 Å². The number of carbonyl (C=O) groups is 1. The number of esters is 1. The van der Waals surface area contributed by atoms with E-state index in [2.05, 4.69) is 10.3 Å². The Morgan fingerprint density at radius 2 is 2.00 bits per heavy atom. The van der Waals surface area contributed by atoms with Crippen LogP contribution in [-0.4, -0.2) is 17.6 Å². The number of hydrogen-bond donors (Lipinski definition) is 3. The second-order valence-corrected chi connectivity index (χ2v) is 5.15. The molecule has 1 aliphatic rings. The SMILES string of the molecule is CCOC(=O)C1=C(N)Nc2cc[nH]c(=O)c2C1c1ccccc1. The number of pyridine rings is 1. The van der Waals surface area contributed by atoms with Gasteiger partial charge in [-0.2, -0.15) is 0 Å². The fourth-order valence-corrected chi connectivity index (χ4v) is 2.81. The topological polar surface area (TPSA) is 97.2 Å². The van der Waals surface area contributed by atoms with E-state index in [1.807, 2.05) is 30.3 Å². The number of nitrogens with two attached hydrogens (primary N) is 1. The predicted molar refractivity (Wildman–Crippen MR) is 86.8 cm³/mol. The molecule has 0 fully saturated rings. The number of ether oxygens (including phenoxy) is 1. The van der Waals surface area contributed by atoms with Gasteiger partial charge in [0.05, 0.1) is 29.3 Å². The third-order valence-corrected chi connectivity index (χ3v) is 3.76. The molecule has 1 atom stereocenters. The molecule has 1 aliphatic heterocycles. The van der Waals surface area contributed by atoms with Gasteiger partial charge in [-0.25, -0.2) is 4.79 Å². The summed E-state index contributed by atoms with van der Waals surface area (Å²) in [5, 5.41) is 2.93. The van der Waals surface area contributed by atoms with E-state index >= 15 is 0 Å². The Labute approximate surface area is 133 Å². The van der Waals surface area contributed by atoms with E-state index in [0.717, 1.165) is 5.56 Å². The van der Waals surface area contributed by atoms with Crippen LogP contribution in [0.25, 0.3) is 0 Å². The number of aromatic amines is 1. The minimum absolute atomic E-state index is 0.204. The molecule has 1 aromatic carbocycles. The first kappa shape index (κ1) is 14.9. The summed E-state index contributed by atoms with van der Waals surface area (Å²) in [6.45, 7) is 1.96. The van der Waals surface area contributed by atoms with E-state index in [0.29, 0.717) is 11.3 Å². The maximum atomic E-state index is 12.4. The van der Waals surface area contributed by atoms with Crippen molar-refractivity contribution in [2.24, 2.45) is 5.73 Å². The van der Waals surface area contributed by atoms with Crippen molar-refractivity contribution in [3.63, 3.8) is 0 Å². The van der Waals surface area contributed by atoms with Gasteiger partial charge in [0.1, 0.15) is 5.82 Å². The first-order valence-corrected chi connectivity index (χ1v) is 7.33. The molecule has 6 heteroatoms. The molecule has 2 heterocycles. The second-order valence-electron chi connectivity index (χ2n) is 5.15. The summed E-state index contributed by atoms with van der Waals surface area (Å²) >= 11 is 0. The van der Waals surface area contributed by atoms with E-state index in [9.17, 15) is 9.59 Å². The molecule has 2 aromatic rings. The molecule has 0 aliphatic carbocycles. The Morgan fingerprint density at radius 3 is 2.70 bits per heavy atom. The van der Waals surface area contributed by atoms with Gasteiger partial charge in [0.2, 0.25) is 0 Å². The summed E-state index contributed by atoms with van der Waals surface area (Å²) in [5.74, 6) is -0.896. The van der Waals surface area contributed by atoms with Crippen LogP contribution in [0.4, 0.5) is 5.69 Å². The monoisotopic (exact) mass is 311 g/mol. The van der Waals surface area contributed by atoms with Crippen molar-refractivity contribution in [3.05, 3.63) is 75.5 Å². The molecule has 0 saturated carbocycles. The molecule has 3 rings (SSSR count). The van der Waals surface area contributed by atoms with Crippen LogP contribution in [0.3, 0.4) is 0 Å². The molecule has 1 unspecified atom stereocenters. The lowest BCUT2D eigenvalue weighted by molar-refractivity contribution is -0.138. The number of H-pyrrole nitrogens is 1. The van der Waals surface area contributed by atoms with Gasteiger partial charge < -0.3 is 20.8 Å². The van der Waals surface area contributed by atoms with Crippen LogP contribution >= 0.6 is 0 Å². The Kier molecular flexibility index (Phi) is 3.89. The standard InChI is InChI=1S/C17H17N3O3/c1-2-23-17(22)14-12(10-6-4-3-5-7-10)13-11(20-15(14)18)8-9-19-16(13)21/h3-9,12,20H,2,18H2,1H3,(H,19,21).